The van der Waals surface area contributed by atoms with Gasteiger partial charge in [0.25, 0.3) is 0 Å². The molecule has 1 fully saturated rings. The zero-order chi connectivity index (χ0) is 12.3. The van der Waals surface area contributed by atoms with Crippen LogP contribution in [0.5, 0.6) is 0 Å². The van der Waals surface area contributed by atoms with Gasteiger partial charge in [-0.3, -0.25) is 0 Å². The maximum atomic E-state index is 5.88. The summed E-state index contributed by atoms with van der Waals surface area (Å²) in [6, 6.07) is 0.514. The van der Waals surface area contributed by atoms with Gasteiger partial charge in [0.1, 0.15) is 0 Å². The Morgan fingerprint density at radius 2 is 1.94 bits per heavy atom. The van der Waals surface area contributed by atoms with Crippen LogP contribution in [0.15, 0.2) is 0 Å². The summed E-state index contributed by atoms with van der Waals surface area (Å²) in [6.45, 7) is 14.7. The molecule has 3 heteroatoms. The molecule has 1 heterocycles. The summed E-state index contributed by atoms with van der Waals surface area (Å²) in [6.07, 6.45) is 0. The molecule has 0 saturated carbocycles. The first-order chi connectivity index (χ1) is 7.34. The molecule has 1 saturated heterocycles. The van der Waals surface area contributed by atoms with Crippen molar-refractivity contribution in [1.82, 2.24) is 9.80 Å². The van der Waals surface area contributed by atoms with Crippen molar-refractivity contribution >= 4 is 0 Å². The van der Waals surface area contributed by atoms with Gasteiger partial charge in [0.15, 0.2) is 0 Å². The van der Waals surface area contributed by atoms with Crippen LogP contribution in [0.1, 0.15) is 27.7 Å². The molecule has 0 aromatic rings. The molecule has 1 aliphatic rings. The highest BCUT2D eigenvalue weighted by Crippen LogP contribution is 2.23. The lowest BCUT2D eigenvalue weighted by Crippen LogP contribution is -2.44. The van der Waals surface area contributed by atoms with E-state index >= 15 is 0 Å². The van der Waals surface area contributed by atoms with E-state index in [-0.39, 0.29) is 0 Å². The van der Waals surface area contributed by atoms with Gasteiger partial charge in [-0.15, -0.1) is 0 Å². The van der Waals surface area contributed by atoms with Crippen molar-refractivity contribution in [2.24, 2.45) is 17.1 Å². The summed E-state index contributed by atoms with van der Waals surface area (Å²) in [5.41, 5.74) is 6.24. The number of hydrogen-bond donors (Lipinski definition) is 1. The van der Waals surface area contributed by atoms with E-state index in [0.29, 0.717) is 11.5 Å². The van der Waals surface area contributed by atoms with Gasteiger partial charge >= 0.3 is 0 Å². The average molecular weight is 227 g/mol. The quantitative estimate of drug-likeness (QED) is 0.787. The predicted octanol–water partition coefficient (Wildman–Crippen LogP) is 1.24. The van der Waals surface area contributed by atoms with Crippen LogP contribution in [0.25, 0.3) is 0 Å². The second kappa shape index (κ2) is 5.48. The molecule has 0 aromatic heterocycles. The van der Waals surface area contributed by atoms with Crippen molar-refractivity contribution in [3.05, 3.63) is 0 Å². The molecule has 2 N–H and O–H groups in total. The van der Waals surface area contributed by atoms with Crippen LogP contribution in [-0.2, 0) is 0 Å². The van der Waals surface area contributed by atoms with Gasteiger partial charge in [0.2, 0.25) is 0 Å². The summed E-state index contributed by atoms with van der Waals surface area (Å²) < 4.78 is 0. The van der Waals surface area contributed by atoms with Crippen molar-refractivity contribution < 1.29 is 0 Å². The molecule has 0 spiro atoms. The maximum absolute atomic E-state index is 5.88. The molecule has 1 aliphatic heterocycles. The summed E-state index contributed by atoms with van der Waals surface area (Å²) in [7, 11) is 2.21. The standard InChI is InChI=1S/C13H29N3/c1-11(2)7-16-8-12(6-14)15(5)9-13(3,4)10-16/h11-12H,6-10,14H2,1-5H3. The molecule has 3 nitrogen and oxygen atoms in total. The van der Waals surface area contributed by atoms with E-state index in [0.717, 1.165) is 25.6 Å². The fourth-order valence-electron chi connectivity index (χ4n) is 2.87. The highest BCUT2D eigenvalue weighted by molar-refractivity contribution is 4.87. The van der Waals surface area contributed by atoms with Crippen LogP contribution >= 0.6 is 0 Å². The van der Waals surface area contributed by atoms with E-state index in [1.807, 2.05) is 0 Å². The summed E-state index contributed by atoms with van der Waals surface area (Å²) in [4.78, 5) is 5.02. The topological polar surface area (TPSA) is 32.5 Å². The Kier molecular flexibility index (Phi) is 4.77. The lowest BCUT2D eigenvalue weighted by Gasteiger charge is -2.30. The Hall–Kier alpha value is -0.120. The maximum Gasteiger partial charge on any atom is 0.0342 e. The van der Waals surface area contributed by atoms with Gasteiger partial charge in [-0.25, -0.2) is 0 Å². The van der Waals surface area contributed by atoms with Crippen molar-refractivity contribution in [2.45, 2.75) is 33.7 Å². The number of nitrogens with two attached hydrogens (primary N) is 1. The monoisotopic (exact) mass is 227 g/mol. The number of nitrogens with zero attached hydrogens (tertiary/aromatic N) is 2. The zero-order valence-electron chi connectivity index (χ0n) is 11.7. The van der Waals surface area contributed by atoms with Gasteiger partial charge in [-0.2, -0.15) is 0 Å². The number of rotatable bonds is 3. The summed E-state index contributed by atoms with van der Waals surface area (Å²) >= 11 is 0. The Bertz CT molecular complexity index is 213. The van der Waals surface area contributed by atoms with Gasteiger partial charge in [0, 0.05) is 38.8 Å². The lowest BCUT2D eigenvalue weighted by atomic mass is 9.92. The van der Waals surface area contributed by atoms with Crippen molar-refractivity contribution in [1.29, 1.82) is 0 Å². The Morgan fingerprint density at radius 3 is 2.44 bits per heavy atom. The minimum atomic E-state index is 0.369. The molecule has 1 rings (SSSR count). The molecular weight excluding hydrogens is 198 g/mol. The SMILES string of the molecule is CC(C)CN1CC(CN)N(C)CC(C)(C)C1. The minimum Gasteiger partial charge on any atom is -0.329 e. The minimum absolute atomic E-state index is 0.369. The average Bonchev–Trinajstić information content (AvgIpc) is 2.19. The summed E-state index contributed by atoms with van der Waals surface area (Å²) in [5.74, 6) is 0.734. The Labute approximate surface area is 101 Å². The molecule has 0 aromatic carbocycles. The van der Waals surface area contributed by atoms with Crippen LogP contribution in [0.3, 0.4) is 0 Å². The molecule has 1 unspecified atom stereocenters. The first-order valence-electron chi connectivity index (χ1n) is 6.47. The van der Waals surface area contributed by atoms with Gasteiger partial charge in [-0.1, -0.05) is 27.7 Å². The molecule has 0 bridgehead atoms. The first-order valence-corrected chi connectivity index (χ1v) is 6.47. The van der Waals surface area contributed by atoms with E-state index < -0.39 is 0 Å². The van der Waals surface area contributed by atoms with Crippen LogP contribution in [0.2, 0.25) is 0 Å². The van der Waals surface area contributed by atoms with Crippen LogP contribution in [0, 0.1) is 11.3 Å². The third-order valence-corrected chi connectivity index (χ3v) is 3.32. The van der Waals surface area contributed by atoms with Crippen molar-refractivity contribution in [3.8, 4) is 0 Å². The number of hydrogen-bond acceptors (Lipinski definition) is 3. The number of likely N-dealkylation sites (N-methyl/N-ethyl adjacent to an activating group) is 1. The highest BCUT2D eigenvalue weighted by Gasteiger charge is 2.31. The fraction of sp³-hybridized carbons (Fsp3) is 1.00. The third kappa shape index (κ3) is 4.04. The molecule has 0 radical (unpaired) electrons. The van der Waals surface area contributed by atoms with Gasteiger partial charge in [0.05, 0.1) is 0 Å². The predicted molar refractivity (Wildman–Crippen MR) is 70.5 cm³/mol. The second-order valence-electron chi connectivity index (χ2n) is 6.56. The fourth-order valence-corrected chi connectivity index (χ4v) is 2.87. The van der Waals surface area contributed by atoms with Gasteiger partial charge in [-0.05, 0) is 18.4 Å². The van der Waals surface area contributed by atoms with Crippen LogP contribution in [-0.4, -0.2) is 55.6 Å². The molecule has 16 heavy (non-hydrogen) atoms. The lowest BCUT2D eigenvalue weighted by molar-refractivity contribution is 0.182. The third-order valence-electron chi connectivity index (χ3n) is 3.32. The normalized spacial score (nSPS) is 28.3. The highest BCUT2D eigenvalue weighted by atomic mass is 15.2. The van der Waals surface area contributed by atoms with Gasteiger partial charge < -0.3 is 15.5 Å². The van der Waals surface area contributed by atoms with Crippen molar-refractivity contribution in [3.63, 3.8) is 0 Å². The van der Waals surface area contributed by atoms with E-state index in [4.69, 9.17) is 5.73 Å². The van der Waals surface area contributed by atoms with E-state index in [1.165, 1.54) is 13.1 Å². The van der Waals surface area contributed by atoms with Crippen molar-refractivity contribution in [2.75, 3.05) is 39.8 Å². The smallest absolute Gasteiger partial charge is 0.0342 e. The Balaban J connectivity index is 2.71. The molecule has 1 atom stereocenters. The van der Waals surface area contributed by atoms with Crippen LogP contribution < -0.4 is 5.73 Å². The molecule has 0 aliphatic carbocycles. The largest absolute Gasteiger partial charge is 0.329 e. The van der Waals surface area contributed by atoms with E-state index in [9.17, 15) is 0 Å². The van der Waals surface area contributed by atoms with Crippen LogP contribution in [0.4, 0.5) is 0 Å². The zero-order valence-corrected chi connectivity index (χ0v) is 11.7. The summed E-state index contributed by atoms with van der Waals surface area (Å²) in [5, 5.41) is 0. The van der Waals surface area contributed by atoms with E-state index in [2.05, 4.69) is 44.5 Å². The van der Waals surface area contributed by atoms with E-state index in [1.54, 1.807) is 0 Å². The molecule has 96 valence electrons. The molecule has 0 amide bonds. The second-order valence-corrected chi connectivity index (χ2v) is 6.56. The first kappa shape index (κ1) is 13.9. The Morgan fingerprint density at radius 1 is 1.31 bits per heavy atom. The molecular formula is C13H29N3.